The maximum Gasteiger partial charge on any atom is 0.336 e. The fraction of sp³-hybridized carbons (Fsp3) is 0. The molecule has 110 valence electrons. The van der Waals surface area contributed by atoms with E-state index >= 15 is 0 Å². The molecule has 0 bridgehead atoms. The average molecular weight is 361 g/mol. The Morgan fingerprint density at radius 1 is 1.18 bits per heavy atom. The van der Waals surface area contributed by atoms with Crippen molar-refractivity contribution in [2.75, 3.05) is 0 Å². The quantitative estimate of drug-likeness (QED) is 0.401. The van der Waals surface area contributed by atoms with Crippen molar-refractivity contribution in [2.45, 2.75) is 0 Å². The van der Waals surface area contributed by atoms with Gasteiger partial charge in [0.1, 0.15) is 11.5 Å². The molecule has 0 aliphatic heterocycles. The first-order valence-corrected chi connectivity index (χ1v) is 7.02. The number of carbonyl (C=O) groups is 1. The molecule has 2 heterocycles. The first-order valence-electron chi connectivity index (χ1n) is 6.22. The maximum atomic E-state index is 11.7. The molecule has 0 aliphatic rings. The lowest BCUT2D eigenvalue weighted by atomic mass is 10.2. The van der Waals surface area contributed by atoms with E-state index in [1.807, 2.05) is 0 Å². The molecular formula is C15H9BrN2O4. The molecule has 2 aromatic heterocycles. The second kappa shape index (κ2) is 6.40. The number of ether oxygens (including phenoxy) is 1. The minimum Gasteiger partial charge on any atom is -0.450 e. The molecular weight excluding hydrogens is 352 g/mol. The van der Waals surface area contributed by atoms with Crippen molar-refractivity contribution < 1.29 is 18.4 Å². The highest BCUT2D eigenvalue weighted by atomic mass is 79.9. The zero-order valence-corrected chi connectivity index (χ0v) is 12.7. The van der Waals surface area contributed by atoms with Crippen LogP contribution in [0.15, 0.2) is 62.4 Å². The first-order chi connectivity index (χ1) is 10.7. The standard InChI is InChI=1S/C15H9BrN2O4/c16-13-7-5-11(21-13)6-8-14(19)22-12-3-1-10(2-4-12)15-18-17-9-20-15/h1-9H/b8-6+. The van der Waals surface area contributed by atoms with E-state index in [-0.39, 0.29) is 0 Å². The van der Waals surface area contributed by atoms with Crippen LogP contribution in [-0.2, 0) is 4.79 Å². The van der Waals surface area contributed by atoms with Gasteiger partial charge in [-0.15, -0.1) is 10.2 Å². The normalized spacial score (nSPS) is 11.0. The van der Waals surface area contributed by atoms with Crippen LogP contribution in [0.1, 0.15) is 5.76 Å². The van der Waals surface area contributed by atoms with Gasteiger partial charge in [0.15, 0.2) is 4.67 Å². The molecule has 0 unspecified atom stereocenters. The van der Waals surface area contributed by atoms with Crippen molar-refractivity contribution in [3.8, 4) is 17.2 Å². The number of rotatable bonds is 4. The highest BCUT2D eigenvalue weighted by molar-refractivity contribution is 9.10. The first kappa shape index (κ1) is 14.3. The van der Waals surface area contributed by atoms with Crippen LogP contribution in [0.25, 0.3) is 17.5 Å². The molecule has 0 amide bonds. The third-order valence-corrected chi connectivity index (χ3v) is 3.08. The Balaban J connectivity index is 1.63. The van der Waals surface area contributed by atoms with Crippen LogP contribution >= 0.6 is 15.9 Å². The summed E-state index contributed by atoms with van der Waals surface area (Å²) in [6, 6.07) is 10.2. The summed E-state index contributed by atoms with van der Waals surface area (Å²) in [6.07, 6.45) is 4.07. The number of hydrogen-bond donors (Lipinski definition) is 0. The van der Waals surface area contributed by atoms with E-state index in [2.05, 4.69) is 26.1 Å². The van der Waals surface area contributed by atoms with Crippen molar-refractivity contribution in [3.63, 3.8) is 0 Å². The predicted octanol–water partition coefficient (Wildman–Crippen LogP) is 3.71. The van der Waals surface area contributed by atoms with Crippen molar-refractivity contribution in [2.24, 2.45) is 0 Å². The summed E-state index contributed by atoms with van der Waals surface area (Å²) in [5.41, 5.74) is 0.744. The number of hydrogen-bond acceptors (Lipinski definition) is 6. The van der Waals surface area contributed by atoms with E-state index < -0.39 is 5.97 Å². The van der Waals surface area contributed by atoms with Crippen LogP contribution in [0, 0.1) is 0 Å². The van der Waals surface area contributed by atoms with Gasteiger partial charge in [-0.25, -0.2) is 4.79 Å². The van der Waals surface area contributed by atoms with Crippen LogP contribution in [-0.4, -0.2) is 16.2 Å². The fourth-order valence-corrected chi connectivity index (χ4v) is 2.00. The largest absolute Gasteiger partial charge is 0.450 e. The summed E-state index contributed by atoms with van der Waals surface area (Å²) in [6.45, 7) is 0. The maximum absolute atomic E-state index is 11.7. The molecule has 7 heteroatoms. The van der Waals surface area contributed by atoms with Crippen molar-refractivity contribution in [1.82, 2.24) is 10.2 Å². The fourth-order valence-electron chi connectivity index (χ4n) is 1.68. The van der Waals surface area contributed by atoms with Crippen molar-refractivity contribution >= 4 is 28.0 Å². The van der Waals surface area contributed by atoms with E-state index in [1.54, 1.807) is 36.4 Å². The topological polar surface area (TPSA) is 78.4 Å². The average Bonchev–Trinajstić information content (AvgIpc) is 3.17. The van der Waals surface area contributed by atoms with E-state index in [1.165, 1.54) is 18.5 Å². The lowest BCUT2D eigenvalue weighted by Crippen LogP contribution is -2.03. The third kappa shape index (κ3) is 3.50. The molecule has 6 nitrogen and oxygen atoms in total. The molecule has 0 aliphatic carbocycles. The molecule has 0 spiro atoms. The van der Waals surface area contributed by atoms with Crippen molar-refractivity contribution in [3.05, 3.63) is 59.3 Å². The van der Waals surface area contributed by atoms with Gasteiger partial charge in [0.2, 0.25) is 12.3 Å². The van der Waals surface area contributed by atoms with Gasteiger partial charge in [-0.05, 0) is 58.4 Å². The monoisotopic (exact) mass is 360 g/mol. The highest BCUT2D eigenvalue weighted by Gasteiger charge is 2.05. The number of carbonyl (C=O) groups excluding carboxylic acids is 1. The number of halogens is 1. The molecule has 0 N–H and O–H groups in total. The summed E-state index contributed by atoms with van der Waals surface area (Å²) in [5, 5.41) is 7.39. The Hall–Kier alpha value is -2.67. The predicted molar refractivity (Wildman–Crippen MR) is 80.8 cm³/mol. The van der Waals surface area contributed by atoms with Gasteiger partial charge in [-0.1, -0.05) is 0 Å². The van der Waals surface area contributed by atoms with Gasteiger partial charge >= 0.3 is 5.97 Å². The van der Waals surface area contributed by atoms with Crippen LogP contribution in [0.2, 0.25) is 0 Å². The minimum absolute atomic E-state index is 0.404. The van der Waals surface area contributed by atoms with Crippen LogP contribution in [0.5, 0.6) is 5.75 Å². The highest BCUT2D eigenvalue weighted by Crippen LogP contribution is 2.20. The summed E-state index contributed by atoms with van der Waals surface area (Å²) < 4.78 is 16.1. The smallest absolute Gasteiger partial charge is 0.336 e. The summed E-state index contributed by atoms with van der Waals surface area (Å²) in [7, 11) is 0. The van der Waals surface area contributed by atoms with E-state index in [0.29, 0.717) is 22.1 Å². The Kier molecular flexibility index (Phi) is 4.15. The summed E-state index contributed by atoms with van der Waals surface area (Å²) >= 11 is 3.18. The van der Waals surface area contributed by atoms with E-state index in [0.717, 1.165) is 5.56 Å². The third-order valence-electron chi connectivity index (χ3n) is 2.66. The van der Waals surface area contributed by atoms with E-state index in [9.17, 15) is 4.79 Å². The second-order valence-corrected chi connectivity index (χ2v) is 4.95. The molecule has 22 heavy (non-hydrogen) atoms. The van der Waals surface area contributed by atoms with Gasteiger partial charge in [0, 0.05) is 11.6 Å². The van der Waals surface area contributed by atoms with Crippen LogP contribution < -0.4 is 4.74 Å². The van der Waals surface area contributed by atoms with E-state index in [4.69, 9.17) is 13.6 Å². The SMILES string of the molecule is O=C(/C=C/c1ccc(Br)o1)Oc1ccc(-c2nnco2)cc1. The lowest BCUT2D eigenvalue weighted by molar-refractivity contribution is -0.128. The molecule has 0 fully saturated rings. The number of nitrogens with zero attached hydrogens (tertiary/aromatic N) is 2. The number of aromatic nitrogens is 2. The molecule has 3 aromatic rings. The Bertz CT molecular complexity index is 791. The zero-order valence-electron chi connectivity index (χ0n) is 11.1. The Morgan fingerprint density at radius 2 is 2.00 bits per heavy atom. The van der Waals surface area contributed by atoms with Crippen LogP contribution in [0.4, 0.5) is 0 Å². The number of furan rings is 1. The Morgan fingerprint density at radius 3 is 2.64 bits per heavy atom. The molecule has 0 radical (unpaired) electrons. The Labute approximate surface area is 133 Å². The minimum atomic E-state index is -0.502. The summed E-state index contributed by atoms with van der Waals surface area (Å²) in [5.74, 6) is 0.869. The molecule has 1 aromatic carbocycles. The zero-order chi connectivity index (χ0) is 15.4. The molecule has 3 rings (SSSR count). The van der Waals surface area contributed by atoms with Crippen LogP contribution in [0.3, 0.4) is 0 Å². The van der Waals surface area contributed by atoms with Crippen molar-refractivity contribution in [1.29, 1.82) is 0 Å². The number of esters is 1. The number of benzene rings is 1. The summed E-state index contributed by atoms with van der Waals surface area (Å²) in [4.78, 5) is 11.7. The molecule has 0 saturated heterocycles. The second-order valence-electron chi connectivity index (χ2n) is 4.16. The molecule has 0 atom stereocenters. The van der Waals surface area contributed by atoms with Gasteiger partial charge in [-0.3, -0.25) is 0 Å². The van der Waals surface area contributed by atoms with Gasteiger partial charge in [0.05, 0.1) is 0 Å². The van der Waals surface area contributed by atoms with Gasteiger partial charge in [-0.2, -0.15) is 0 Å². The van der Waals surface area contributed by atoms with Gasteiger partial charge < -0.3 is 13.6 Å². The lowest BCUT2D eigenvalue weighted by Gasteiger charge is -2.01. The molecule has 0 saturated carbocycles. The van der Waals surface area contributed by atoms with Gasteiger partial charge in [0.25, 0.3) is 0 Å².